The van der Waals surface area contributed by atoms with Crippen molar-refractivity contribution < 1.29 is 23.1 Å². The number of benzene rings is 1. The molecule has 1 rings (SSSR count). The third-order valence-corrected chi connectivity index (χ3v) is 4.71. The molecule has 0 saturated heterocycles. The molecule has 0 aliphatic rings. The fourth-order valence-corrected chi connectivity index (χ4v) is 2.62. The Morgan fingerprint density at radius 1 is 1.33 bits per heavy atom. The summed E-state index contributed by atoms with van der Waals surface area (Å²) in [5.41, 5.74) is 5.27. The number of nitrogens with two attached hydrogens (primary N) is 1. The molecule has 0 fully saturated rings. The molecular formula is C11H13NO5S. The highest BCUT2D eigenvalue weighted by Gasteiger charge is 2.28. The molecule has 3 N–H and O–H groups in total. The fraction of sp³-hybridized carbons (Fsp3) is 0.273. The number of carbonyl (C=O) groups excluding carboxylic acids is 1. The predicted molar refractivity (Wildman–Crippen MR) is 64.0 cm³/mol. The zero-order valence-electron chi connectivity index (χ0n) is 9.88. The number of aryl methyl sites for hydroxylation is 1. The SMILES string of the molecule is Cc1ccc(S(=O)(=O)C(C)C(N)=O)cc1C(=O)O. The van der Waals surface area contributed by atoms with Crippen molar-refractivity contribution >= 4 is 21.7 Å². The van der Waals surface area contributed by atoms with Gasteiger partial charge in [-0.05, 0) is 31.5 Å². The van der Waals surface area contributed by atoms with Gasteiger partial charge in [0.05, 0.1) is 10.5 Å². The molecule has 0 bridgehead atoms. The maximum Gasteiger partial charge on any atom is 0.335 e. The van der Waals surface area contributed by atoms with Gasteiger partial charge in [0.1, 0.15) is 5.25 Å². The molecule has 0 aliphatic heterocycles. The Hall–Kier alpha value is -1.89. The first-order chi connectivity index (χ1) is 8.17. The molecule has 6 nitrogen and oxygen atoms in total. The molecule has 0 aliphatic carbocycles. The Balaban J connectivity index is 3.39. The van der Waals surface area contributed by atoms with E-state index >= 15 is 0 Å². The Labute approximate surface area is 104 Å². The predicted octanol–water partition coefficient (Wildman–Crippen LogP) is 0.341. The van der Waals surface area contributed by atoms with Gasteiger partial charge in [-0.2, -0.15) is 0 Å². The van der Waals surface area contributed by atoms with Crippen LogP contribution in [0.3, 0.4) is 0 Å². The van der Waals surface area contributed by atoms with Crippen molar-refractivity contribution in [2.45, 2.75) is 24.0 Å². The van der Waals surface area contributed by atoms with Crippen LogP contribution in [0.4, 0.5) is 0 Å². The Kier molecular flexibility index (Phi) is 3.76. The smallest absolute Gasteiger partial charge is 0.335 e. The van der Waals surface area contributed by atoms with Gasteiger partial charge in [0.2, 0.25) is 5.91 Å². The minimum absolute atomic E-state index is 0.118. The van der Waals surface area contributed by atoms with Gasteiger partial charge in [-0.3, -0.25) is 4.79 Å². The molecule has 1 amide bonds. The lowest BCUT2D eigenvalue weighted by Crippen LogP contribution is -2.33. The van der Waals surface area contributed by atoms with Crippen LogP contribution < -0.4 is 5.73 Å². The van der Waals surface area contributed by atoms with E-state index < -0.39 is 27.0 Å². The standard InChI is InChI=1S/C11H13NO5S/c1-6-3-4-8(5-9(6)11(14)15)18(16,17)7(2)10(12)13/h3-5,7H,1-2H3,(H2,12,13)(H,14,15). The third kappa shape index (κ3) is 2.51. The topological polar surface area (TPSA) is 115 Å². The molecule has 0 aromatic heterocycles. The van der Waals surface area contributed by atoms with Gasteiger partial charge in [0.15, 0.2) is 9.84 Å². The summed E-state index contributed by atoms with van der Waals surface area (Å²) in [5.74, 6) is -2.20. The zero-order valence-corrected chi connectivity index (χ0v) is 10.7. The summed E-state index contributed by atoms with van der Waals surface area (Å²) in [6.45, 7) is 2.72. The first kappa shape index (κ1) is 14.2. The first-order valence-electron chi connectivity index (χ1n) is 5.05. The lowest BCUT2D eigenvalue weighted by atomic mass is 10.1. The van der Waals surface area contributed by atoms with Crippen LogP contribution in [0.15, 0.2) is 23.1 Å². The van der Waals surface area contributed by atoms with E-state index in [9.17, 15) is 18.0 Å². The van der Waals surface area contributed by atoms with E-state index in [4.69, 9.17) is 10.8 Å². The van der Waals surface area contributed by atoms with E-state index in [1.807, 2.05) is 0 Å². The number of carboxylic acid groups (broad SMARTS) is 1. The van der Waals surface area contributed by atoms with Gasteiger partial charge in [-0.15, -0.1) is 0 Å². The van der Waals surface area contributed by atoms with Crippen LogP contribution in [0, 0.1) is 6.92 Å². The molecule has 1 aromatic rings. The molecule has 7 heteroatoms. The monoisotopic (exact) mass is 271 g/mol. The van der Waals surface area contributed by atoms with E-state index in [0.29, 0.717) is 5.56 Å². The number of carboxylic acids is 1. The molecule has 1 atom stereocenters. The maximum atomic E-state index is 12.0. The van der Waals surface area contributed by atoms with Crippen molar-refractivity contribution in [2.75, 3.05) is 0 Å². The van der Waals surface area contributed by atoms with E-state index in [2.05, 4.69) is 0 Å². The number of rotatable bonds is 4. The molecule has 98 valence electrons. The molecule has 1 aromatic carbocycles. The summed E-state index contributed by atoms with van der Waals surface area (Å²) in [4.78, 5) is 21.6. The zero-order chi connectivity index (χ0) is 14.1. The number of hydrogen-bond acceptors (Lipinski definition) is 4. The number of aromatic carboxylic acids is 1. The van der Waals surface area contributed by atoms with Crippen molar-refractivity contribution in [3.8, 4) is 0 Å². The average molecular weight is 271 g/mol. The molecular weight excluding hydrogens is 258 g/mol. The Morgan fingerprint density at radius 2 is 1.89 bits per heavy atom. The first-order valence-corrected chi connectivity index (χ1v) is 6.59. The van der Waals surface area contributed by atoms with Gasteiger partial charge >= 0.3 is 5.97 Å². The number of hydrogen-bond donors (Lipinski definition) is 2. The normalized spacial score (nSPS) is 13.0. The van der Waals surface area contributed by atoms with E-state index in [-0.39, 0.29) is 10.5 Å². The van der Waals surface area contributed by atoms with Crippen LogP contribution in [0.5, 0.6) is 0 Å². The van der Waals surface area contributed by atoms with Crippen LogP contribution in [-0.2, 0) is 14.6 Å². The highest BCUT2D eigenvalue weighted by Crippen LogP contribution is 2.20. The molecule has 0 heterocycles. The van der Waals surface area contributed by atoms with E-state index in [1.54, 1.807) is 6.92 Å². The molecule has 1 unspecified atom stereocenters. The quantitative estimate of drug-likeness (QED) is 0.819. The Bertz CT molecular complexity index is 606. The second kappa shape index (κ2) is 4.77. The number of carbonyl (C=O) groups is 2. The lowest BCUT2D eigenvalue weighted by molar-refractivity contribution is -0.117. The summed E-state index contributed by atoms with van der Waals surface area (Å²) in [6.07, 6.45) is 0. The van der Waals surface area contributed by atoms with Crippen molar-refractivity contribution in [1.82, 2.24) is 0 Å². The van der Waals surface area contributed by atoms with Crippen molar-refractivity contribution in [3.05, 3.63) is 29.3 Å². The van der Waals surface area contributed by atoms with Crippen LogP contribution in [0.2, 0.25) is 0 Å². The van der Waals surface area contributed by atoms with Crippen molar-refractivity contribution in [3.63, 3.8) is 0 Å². The summed E-state index contributed by atoms with van der Waals surface area (Å²) in [6, 6.07) is 3.67. The second-order valence-electron chi connectivity index (χ2n) is 3.87. The van der Waals surface area contributed by atoms with Crippen LogP contribution >= 0.6 is 0 Å². The minimum atomic E-state index is -3.95. The third-order valence-electron chi connectivity index (χ3n) is 2.63. The molecule has 18 heavy (non-hydrogen) atoms. The van der Waals surface area contributed by atoms with Crippen LogP contribution in [0.1, 0.15) is 22.8 Å². The summed E-state index contributed by atoms with van der Waals surface area (Å²) in [7, 11) is -3.95. The fourth-order valence-electron chi connectivity index (χ4n) is 1.37. The molecule has 0 spiro atoms. The largest absolute Gasteiger partial charge is 0.478 e. The highest BCUT2D eigenvalue weighted by molar-refractivity contribution is 7.92. The molecule has 0 saturated carbocycles. The van der Waals surface area contributed by atoms with Gasteiger partial charge in [0.25, 0.3) is 0 Å². The van der Waals surface area contributed by atoms with E-state index in [1.165, 1.54) is 12.1 Å². The summed E-state index contributed by atoms with van der Waals surface area (Å²) >= 11 is 0. The highest BCUT2D eigenvalue weighted by atomic mass is 32.2. The van der Waals surface area contributed by atoms with Gasteiger partial charge < -0.3 is 10.8 Å². The van der Waals surface area contributed by atoms with Gasteiger partial charge in [0, 0.05) is 0 Å². The van der Waals surface area contributed by atoms with Crippen LogP contribution in [0.25, 0.3) is 0 Å². The second-order valence-corrected chi connectivity index (χ2v) is 6.14. The maximum absolute atomic E-state index is 12.0. The summed E-state index contributed by atoms with van der Waals surface area (Å²) in [5, 5.41) is 7.52. The molecule has 0 radical (unpaired) electrons. The minimum Gasteiger partial charge on any atom is -0.478 e. The number of amides is 1. The average Bonchev–Trinajstić information content (AvgIpc) is 2.27. The summed E-state index contributed by atoms with van der Waals surface area (Å²) < 4.78 is 23.9. The van der Waals surface area contributed by atoms with Gasteiger partial charge in [-0.1, -0.05) is 6.07 Å². The van der Waals surface area contributed by atoms with Crippen molar-refractivity contribution in [2.24, 2.45) is 5.73 Å². The Morgan fingerprint density at radius 3 is 2.33 bits per heavy atom. The van der Waals surface area contributed by atoms with Crippen LogP contribution in [-0.4, -0.2) is 30.7 Å². The van der Waals surface area contributed by atoms with E-state index in [0.717, 1.165) is 13.0 Å². The number of primary amides is 1. The van der Waals surface area contributed by atoms with Gasteiger partial charge in [-0.25, -0.2) is 13.2 Å². The lowest BCUT2D eigenvalue weighted by Gasteiger charge is -2.10. The van der Waals surface area contributed by atoms with Crippen molar-refractivity contribution in [1.29, 1.82) is 0 Å². The number of sulfone groups is 1.